The summed E-state index contributed by atoms with van der Waals surface area (Å²) in [5, 5.41) is 3.71. The Kier molecular flexibility index (Phi) is 5.79. The minimum Gasteiger partial charge on any atom is -0.359 e. The van der Waals surface area contributed by atoms with Gasteiger partial charge in [0.05, 0.1) is 0 Å². The largest absolute Gasteiger partial charge is 0.359 e. The molecule has 1 saturated carbocycles. The van der Waals surface area contributed by atoms with Gasteiger partial charge in [0.2, 0.25) is 0 Å². The molecule has 6 heteroatoms. The van der Waals surface area contributed by atoms with Crippen LogP contribution in [0.25, 0.3) is 0 Å². The van der Waals surface area contributed by atoms with Crippen LogP contribution in [0.4, 0.5) is 0 Å². The molecular weight excluding hydrogens is 338 g/mol. The molecule has 1 fully saturated rings. The maximum Gasteiger partial charge on any atom is 0.269 e. The van der Waals surface area contributed by atoms with E-state index in [0.29, 0.717) is 16.7 Å². The summed E-state index contributed by atoms with van der Waals surface area (Å²) in [6, 6.07) is 7.58. The lowest BCUT2D eigenvalue weighted by Gasteiger charge is -2.24. The average Bonchev–Trinajstić information content (AvgIpc) is 2.46. The van der Waals surface area contributed by atoms with Gasteiger partial charge >= 0.3 is 0 Å². The molecular formula is C14H18BrN3OS. The second-order valence-electron chi connectivity index (χ2n) is 4.89. The van der Waals surface area contributed by atoms with Crippen LogP contribution in [0.5, 0.6) is 0 Å². The smallest absolute Gasteiger partial charge is 0.269 e. The van der Waals surface area contributed by atoms with Crippen LogP contribution in [-0.4, -0.2) is 17.1 Å². The van der Waals surface area contributed by atoms with Crippen molar-refractivity contribution >= 4 is 39.2 Å². The third-order valence-corrected chi connectivity index (χ3v) is 4.08. The summed E-state index contributed by atoms with van der Waals surface area (Å²) >= 11 is 8.51. The van der Waals surface area contributed by atoms with Gasteiger partial charge in [0.1, 0.15) is 0 Å². The maximum atomic E-state index is 11.9. The Hall–Kier alpha value is -1.14. The Morgan fingerprint density at radius 2 is 1.75 bits per heavy atom. The lowest BCUT2D eigenvalue weighted by atomic mass is 9.96. The van der Waals surface area contributed by atoms with E-state index >= 15 is 0 Å². The Morgan fingerprint density at radius 3 is 2.40 bits per heavy atom. The molecule has 1 aliphatic carbocycles. The van der Waals surface area contributed by atoms with E-state index in [0.717, 1.165) is 17.3 Å². The maximum absolute atomic E-state index is 11.9. The van der Waals surface area contributed by atoms with Gasteiger partial charge in [-0.05, 0) is 49.3 Å². The lowest BCUT2D eigenvalue weighted by Crippen LogP contribution is -2.50. The van der Waals surface area contributed by atoms with E-state index in [2.05, 4.69) is 32.1 Å². The Labute approximate surface area is 132 Å². The lowest BCUT2D eigenvalue weighted by molar-refractivity contribution is 0.0943. The quantitative estimate of drug-likeness (QED) is 0.564. The fourth-order valence-electron chi connectivity index (χ4n) is 2.26. The van der Waals surface area contributed by atoms with Gasteiger partial charge in [-0.2, -0.15) is 0 Å². The van der Waals surface area contributed by atoms with E-state index in [1.807, 2.05) is 12.1 Å². The molecule has 0 aromatic heterocycles. The van der Waals surface area contributed by atoms with Crippen LogP contribution in [0.15, 0.2) is 28.7 Å². The van der Waals surface area contributed by atoms with Crippen LogP contribution >= 0.6 is 28.1 Å². The molecule has 0 radical (unpaired) electrons. The predicted molar refractivity (Wildman–Crippen MR) is 87.4 cm³/mol. The first-order valence-corrected chi connectivity index (χ1v) is 7.98. The minimum atomic E-state index is -0.203. The molecule has 0 saturated heterocycles. The van der Waals surface area contributed by atoms with Gasteiger partial charge in [-0.25, -0.2) is 0 Å². The fourth-order valence-corrected chi connectivity index (χ4v) is 2.74. The minimum absolute atomic E-state index is 0.203. The highest BCUT2D eigenvalue weighted by Gasteiger charge is 2.14. The van der Waals surface area contributed by atoms with Crippen molar-refractivity contribution in [3.63, 3.8) is 0 Å². The number of benzene rings is 1. The summed E-state index contributed by atoms with van der Waals surface area (Å²) in [6.07, 6.45) is 6.07. The number of amides is 1. The van der Waals surface area contributed by atoms with Crippen molar-refractivity contribution in [2.45, 2.75) is 38.1 Å². The van der Waals surface area contributed by atoms with Crippen molar-refractivity contribution < 1.29 is 4.79 Å². The van der Waals surface area contributed by atoms with Gasteiger partial charge < -0.3 is 5.32 Å². The van der Waals surface area contributed by atoms with Crippen molar-refractivity contribution in [1.82, 2.24) is 16.2 Å². The summed E-state index contributed by atoms with van der Waals surface area (Å²) in [7, 11) is 0. The Bertz CT molecular complexity index is 472. The number of hydrogen-bond acceptors (Lipinski definition) is 2. The van der Waals surface area contributed by atoms with Gasteiger partial charge in [0.25, 0.3) is 5.91 Å². The molecule has 0 unspecified atom stereocenters. The van der Waals surface area contributed by atoms with Crippen LogP contribution in [-0.2, 0) is 0 Å². The first-order chi connectivity index (χ1) is 9.65. The predicted octanol–water partition coefficient (Wildman–Crippen LogP) is 2.89. The topological polar surface area (TPSA) is 53.2 Å². The molecule has 0 aliphatic heterocycles. The number of hydrogen-bond donors (Lipinski definition) is 3. The first kappa shape index (κ1) is 15.3. The molecule has 108 valence electrons. The zero-order valence-corrected chi connectivity index (χ0v) is 13.5. The highest BCUT2D eigenvalue weighted by molar-refractivity contribution is 9.10. The van der Waals surface area contributed by atoms with E-state index < -0.39 is 0 Å². The SMILES string of the molecule is O=C(NNC(=S)NC1CCCCC1)c1ccc(Br)cc1. The van der Waals surface area contributed by atoms with E-state index in [-0.39, 0.29) is 5.91 Å². The second kappa shape index (κ2) is 7.59. The molecule has 0 bridgehead atoms. The first-order valence-electron chi connectivity index (χ1n) is 6.77. The van der Waals surface area contributed by atoms with Gasteiger partial charge in [-0.15, -0.1) is 0 Å². The summed E-state index contributed by atoms with van der Waals surface area (Å²) in [6.45, 7) is 0. The number of hydrazine groups is 1. The molecule has 0 spiro atoms. The zero-order valence-electron chi connectivity index (χ0n) is 11.1. The third-order valence-electron chi connectivity index (χ3n) is 3.34. The summed E-state index contributed by atoms with van der Waals surface area (Å²) in [4.78, 5) is 11.9. The summed E-state index contributed by atoms with van der Waals surface area (Å²) in [5.74, 6) is -0.203. The number of halogens is 1. The van der Waals surface area contributed by atoms with Crippen molar-refractivity contribution in [2.24, 2.45) is 0 Å². The second-order valence-corrected chi connectivity index (χ2v) is 6.22. The van der Waals surface area contributed by atoms with Crippen molar-refractivity contribution in [3.05, 3.63) is 34.3 Å². The van der Waals surface area contributed by atoms with Crippen LogP contribution in [0.1, 0.15) is 42.5 Å². The molecule has 1 aromatic carbocycles. The van der Waals surface area contributed by atoms with Crippen molar-refractivity contribution in [1.29, 1.82) is 0 Å². The van der Waals surface area contributed by atoms with Crippen molar-refractivity contribution in [2.75, 3.05) is 0 Å². The Balaban J connectivity index is 1.75. The van der Waals surface area contributed by atoms with Crippen molar-refractivity contribution in [3.8, 4) is 0 Å². The molecule has 1 aliphatic rings. The standard InChI is InChI=1S/C14H18BrN3OS/c15-11-8-6-10(7-9-11)13(19)17-18-14(20)16-12-4-2-1-3-5-12/h6-9,12H,1-5H2,(H,17,19)(H2,16,18,20). The monoisotopic (exact) mass is 355 g/mol. The number of carbonyl (C=O) groups excluding carboxylic acids is 1. The van der Waals surface area contributed by atoms with E-state index in [1.54, 1.807) is 12.1 Å². The van der Waals surface area contributed by atoms with Gasteiger partial charge in [-0.3, -0.25) is 15.6 Å². The molecule has 0 heterocycles. The van der Waals surface area contributed by atoms with Crippen LogP contribution in [0.3, 0.4) is 0 Å². The zero-order chi connectivity index (χ0) is 14.4. The van der Waals surface area contributed by atoms with E-state index in [4.69, 9.17) is 12.2 Å². The summed E-state index contributed by atoms with van der Waals surface area (Å²) < 4.78 is 0.941. The molecule has 3 N–H and O–H groups in total. The molecule has 1 aromatic rings. The van der Waals surface area contributed by atoms with Gasteiger partial charge in [0, 0.05) is 16.1 Å². The van der Waals surface area contributed by atoms with Gasteiger partial charge in [0.15, 0.2) is 5.11 Å². The van der Waals surface area contributed by atoms with Gasteiger partial charge in [-0.1, -0.05) is 35.2 Å². The molecule has 1 amide bonds. The molecule has 4 nitrogen and oxygen atoms in total. The van der Waals surface area contributed by atoms with Crippen LogP contribution < -0.4 is 16.2 Å². The van der Waals surface area contributed by atoms with E-state index in [1.165, 1.54) is 19.3 Å². The Morgan fingerprint density at radius 1 is 1.10 bits per heavy atom. The molecule has 2 rings (SSSR count). The number of rotatable bonds is 2. The van der Waals surface area contributed by atoms with Crippen LogP contribution in [0, 0.1) is 0 Å². The fraction of sp³-hybridized carbons (Fsp3) is 0.429. The van der Waals surface area contributed by atoms with E-state index in [9.17, 15) is 4.79 Å². The highest BCUT2D eigenvalue weighted by Crippen LogP contribution is 2.17. The number of thiocarbonyl (C=S) groups is 1. The third kappa shape index (κ3) is 4.76. The molecule has 0 atom stereocenters. The molecule has 20 heavy (non-hydrogen) atoms. The normalized spacial score (nSPS) is 15.4. The number of nitrogens with one attached hydrogen (secondary N) is 3. The average molecular weight is 356 g/mol. The highest BCUT2D eigenvalue weighted by atomic mass is 79.9. The summed E-state index contributed by atoms with van der Waals surface area (Å²) in [5.41, 5.74) is 5.94. The van der Waals surface area contributed by atoms with Crippen LogP contribution in [0.2, 0.25) is 0 Å². The number of carbonyl (C=O) groups is 1.